The number of hydrogen-bond acceptors (Lipinski definition) is 1. The Morgan fingerprint density at radius 1 is 0.688 bits per heavy atom. The lowest BCUT2D eigenvalue weighted by Gasteiger charge is -2.11. The Labute approximate surface area is 191 Å². The van der Waals surface area contributed by atoms with E-state index in [-0.39, 0.29) is 0 Å². The molecule has 4 aromatic carbocycles. The smallest absolute Gasteiger partial charge is 0.0548 e. The first-order valence-corrected chi connectivity index (χ1v) is 11.8. The molecule has 0 aliphatic heterocycles. The zero-order valence-electron chi connectivity index (χ0n) is 18.2. The standard InChI is InChI=1S/C30H23NS/c1-3-10-20(4-2)21-11-9-12-22(17-21)31-27-15-7-5-13-23(27)25-19-30-26(18-28(25)31)24-14-6-8-16-29(24)32-30/h3-19H,1-2H3. The summed E-state index contributed by atoms with van der Waals surface area (Å²) in [5, 5.41) is 5.28. The highest BCUT2D eigenvalue weighted by Crippen LogP contribution is 2.40. The maximum Gasteiger partial charge on any atom is 0.0548 e. The van der Waals surface area contributed by atoms with Crippen molar-refractivity contribution < 1.29 is 0 Å². The lowest BCUT2D eigenvalue weighted by Crippen LogP contribution is -1.95. The molecule has 2 aromatic heterocycles. The lowest BCUT2D eigenvalue weighted by molar-refractivity contribution is 1.18. The summed E-state index contributed by atoms with van der Waals surface area (Å²) in [5.41, 5.74) is 6.16. The van der Waals surface area contributed by atoms with Crippen molar-refractivity contribution in [1.29, 1.82) is 0 Å². The van der Waals surface area contributed by atoms with E-state index < -0.39 is 0 Å². The first-order valence-electron chi connectivity index (χ1n) is 11.0. The highest BCUT2D eigenvalue weighted by Gasteiger charge is 2.15. The Morgan fingerprint density at radius 3 is 2.34 bits per heavy atom. The third-order valence-electron chi connectivity index (χ3n) is 6.27. The third-order valence-corrected chi connectivity index (χ3v) is 7.40. The average Bonchev–Trinajstić information content (AvgIpc) is 3.36. The minimum absolute atomic E-state index is 1.19. The zero-order chi connectivity index (χ0) is 21.7. The van der Waals surface area contributed by atoms with Gasteiger partial charge in [0.05, 0.1) is 11.0 Å². The molecule has 0 fully saturated rings. The van der Waals surface area contributed by atoms with Gasteiger partial charge < -0.3 is 4.57 Å². The topological polar surface area (TPSA) is 4.93 Å². The molecule has 1 nitrogen and oxygen atoms in total. The highest BCUT2D eigenvalue weighted by molar-refractivity contribution is 7.25. The van der Waals surface area contributed by atoms with E-state index in [9.17, 15) is 0 Å². The summed E-state index contributed by atoms with van der Waals surface area (Å²) in [6.07, 6.45) is 6.44. The summed E-state index contributed by atoms with van der Waals surface area (Å²) in [5.74, 6) is 0. The molecule has 0 saturated carbocycles. The van der Waals surface area contributed by atoms with Crippen LogP contribution in [0.3, 0.4) is 0 Å². The van der Waals surface area contributed by atoms with Crippen LogP contribution in [0.4, 0.5) is 0 Å². The number of aromatic nitrogens is 1. The Bertz CT molecular complexity index is 1690. The molecule has 6 rings (SSSR count). The molecule has 2 heteroatoms. The Hall–Kier alpha value is -3.62. The molecule has 0 unspecified atom stereocenters. The molecule has 0 radical (unpaired) electrons. The summed E-state index contributed by atoms with van der Waals surface area (Å²) in [4.78, 5) is 0. The molecule has 2 heterocycles. The van der Waals surface area contributed by atoms with Crippen molar-refractivity contribution in [2.75, 3.05) is 0 Å². The van der Waals surface area contributed by atoms with Gasteiger partial charge in [0.25, 0.3) is 0 Å². The molecule has 0 aliphatic rings. The van der Waals surface area contributed by atoms with Gasteiger partial charge in [-0.1, -0.05) is 66.8 Å². The Morgan fingerprint density at radius 2 is 1.50 bits per heavy atom. The van der Waals surface area contributed by atoms with Crippen molar-refractivity contribution in [3.05, 3.63) is 109 Å². The molecule has 6 aromatic rings. The van der Waals surface area contributed by atoms with Gasteiger partial charge in [-0.05, 0) is 61.4 Å². The van der Waals surface area contributed by atoms with E-state index in [1.807, 2.05) is 11.3 Å². The summed E-state index contributed by atoms with van der Waals surface area (Å²) in [6, 6.07) is 31.1. The highest BCUT2D eigenvalue weighted by atomic mass is 32.1. The quantitative estimate of drug-likeness (QED) is 0.247. The van der Waals surface area contributed by atoms with Crippen molar-refractivity contribution in [2.24, 2.45) is 0 Å². The fourth-order valence-corrected chi connectivity index (χ4v) is 5.96. The second-order valence-corrected chi connectivity index (χ2v) is 9.19. The van der Waals surface area contributed by atoms with Gasteiger partial charge in [0.2, 0.25) is 0 Å². The second kappa shape index (κ2) is 7.51. The molecule has 0 spiro atoms. The van der Waals surface area contributed by atoms with Crippen LogP contribution in [0.5, 0.6) is 0 Å². The number of fused-ring (bicyclic) bond motifs is 6. The van der Waals surface area contributed by atoms with Crippen LogP contribution in [0.1, 0.15) is 19.4 Å². The van der Waals surface area contributed by atoms with Crippen LogP contribution in [0, 0.1) is 0 Å². The van der Waals surface area contributed by atoms with Crippen LogP contribution in [-0.2, 0) is 0 Å². The van der Waals surface area contributed by atoms with E-state index in [0.717, 1.165) is 0 Å². The summed E-state index contributed by atoms with van der Waals surface area (Å²) >= 11 is 1.88. The van der Waals surface area contributed by atoms with Crippen LogP contribution >= 0.6 is 11.3 Å². The summed E-state index contributed by atoms with van der Waals surface area (Å²) in [7, 11) is 0. The van der Waals surface area contributed by atoms with Gasteiger partial charge in [-0.2, -0.15) is 0 Å². The first-order chi connectivity index (χ1) is 15.8. The molecule has 0 saturated heterocycles. The molecule has 0 amide bonds. The van der Waals surface area contributed by atoms with Crippen LogP contribution in [0.25, 0.3) is 53.2 Å². The molecule has 0 aliphatic carbocycles. The van der Waals surface area contributed by atoms with Crippen molar-refractivity contribution in [1.82, 2.24) is 4.57 Å². The van der Waals surface area contributed by atoms with Crippen molar-refractivity contribution in [2.45, 2.75) is 13.8 Å². The zero-order valence-corrected chi connectivity index (χ0v) is 19.0. The molecule has 0 N–H and O–H groups in total. The van der Waals surface area contributed by atoms with E-state index in [4.69, 9.17) is 0 Å². The van der Waals surface area contributed by atoms with Gasteiger partial charge in [-0.15, -0.1) is 11.3 Å². The van der Waals surface area contributed by atoms with Crippen LogP contribution in [0.2, 0.25) is 0 Å². The van der Waals surface area contributed by atoms with Gasteiger partial charge in [-0.3, -0.25) is 0 Å². The molecular formula is C30H23NS. The number of nitrogens with zero attached hydrogens (tertiary/aromatic N) is 1. The maximum atomic E-state index is 2.42. The predicted molar refractivity (Wildman–Crippen MR) is 142 cm³/mol. The molecule has 0 atom stereocenters. The van der Waals surface area contributed by atoms with Crippen molar-refractivity contribution >= 4 is 58.9 Å². The molecule has 32 heavy (non-hydrogen) atoms. The van der Waals surface area contributed by atoms with Gasteiger partial charge in [0, 0.05) is 36.6 Å². The number of para-hydroxylation sites is 1. The average molecular weight is 430 g/mol. The third kappa shape index (κ3) is 2.84. The normalized spacial score (nSPS) is 12.8. The molecular weight excluding hydrogens is 406 g/mol. The van der Waals surface area contributed by atoms with E-state index in [2.05, 4.69) is 122 Å². The summed E-state index contributed by atoms with van der Waals surface area (Å²) < 4.78 is 5.11. The largest absolute Gasteiger partial charge is 0.309 e. The van der Waals surface area contributed by atoms with Gasteiger partial charge in [0.1, 0.15) is 0 Å². The van der Waals surface area contributed by atoms with E-state index in [0.29, 0.717) is 0 Å². The Kier molecular flexibility index (Phi) is 4.48. The Balaban J connectivity index is 1.71. The van der Waals surface area contributed by atoms with Crippen molar-refractivity contribution in [3.63, 3.8) is 0 Å². The maximum absolute atomic E-state index is 2.42. The van der Waals surface area contributed by atoms with E-state index in [1.165, 1.54) is 58.8 Å². The lowest BCUT2D eigenvalue weighted by atomic mass is 10.0. The van der Waals surface area contributed by atoms with Gasteiger partial charge in [-0.25, -0.2) is 0 Å². The number of hydrogen-bond donors (Lipinski definition) is 0. The number of rotatable bonds is 3. The number of benzene rings is 4. The fourth-order valence-electron chi connectivity index (χ4n) is 4.83. The van der Waals surface area contributed by atoms with Crippen LogP contribution in [-0.4, -0.2) is 4.57 Å². The first kappa shape index (κ1) is 19.1. The van der Waals surface area contributed by atoms with E-state index >= 15 is 0 Å². The van der Waals surface area contributed by atoms with Crippen LogP contribution < -0.4 is 0 Å². The van der Waals surface area contributed by atoms with Gasteiger partial charge >= 0.3 is 0 Å². The van der Waals surface area contributed by atoms with Gasteiger partial charge in [0.15, 0.2) is 0 Å². The molecule has 154 valence electrons. The van der Waals surface area contributed by atoms with Crippen LogP contribution in [0.15, 0.2) is 103 Å². The SMILES string of the molecule is CC=CC(=CC)c1cccc(-n2c3ccccc3c3cc4sc5ccccc5c4cc32)c1. The minimum Gasteiger partial charge on any atom is -0.309 e. The fraction of sp³-hybridized carbons (Fsp3) is 0.0667. The molecule has 0 bridgehead atoms. The number of allylic oxidation sites excluding steroid dienone is 4. The summed E-state index contributed by atoms with van der Waals surface area (Å²) in [6.45, 7) is 4.16. The van der Waals surface area contributed by atoms with E-state index in [1.54, 1.807) is 0 Å². The predicted octanol–water partition coefficient (Wildman–Crippen LogP) is 9.13. The van der Waals surface area contributed by atoms with Crippen molar-refractivity contribution in [3.8, 4) is 5.69 Å². The minimum atomic E-state index is 1.19. The monoisotopic (exact) mass is 429 g/mol. The number of thiophene rings is 1. The second-order valence-electron chi connectivity index (χ2n) is 8.11.